The summed E-state index contributed by atoms with van der Waals surface area (Å²) in [7, 11) is -4.51. The van der Waals surface area contributed by atoms with Crippen LogP contribution in [0, 0.1) is 0 Å². The molecule has 0 saturated carbocycles. The van der Waals surface area contributed by atoms with Crippen LogP contribution in [0.3, 0.4) is 0 Å². The van der Waals surface area contributed by atoms with Gasteiger partial charge in [0.1, 0.15) is 4.90 Å². The molecule has 0 aromatic heterocycles. The van der Waals surface area contributed by atoms with E-state index < -0.39 is 10.1 Å². The predicted molar refractivity (Wildman–Crippen MR) is 124 cm³/mol. The first-order valence-corrected chi connectivity index (χ1v) is 10.6. The van der Waals surface area contributed by atoms with Crippen LogP contribution in [0.2, 0.25) is 0 Å². The predicted octanol–water partition coefficient (Wildman–Crippen LogP) is 2.99. The van der Waals surface area contributed by atoms with Gasteiger partial charge in [-0.3, -0.25) is 4.55 Å². The minimum absolute atomic E-state index is 0.166. The highest BCUT2D eigenvalue weighted by Gasteiger charge is 2.15. The Morgan fingerprint density at radius 1 is 0.839 bits per heavy atom. The van der Waals surface area contributed by atoms with Crippen molar-refractivity contribution in [3.63, 3.8) is 0 Å². The second-order valence-corrected chi connectivity index (χ2v) is 7.92. The fourth-order valence-electron chi connectivity index (χ4n) is 2.85. The molecule has 8 nitrogen and oxygen atoms in total. The van der Waals surface area contributed by atoms with Crippen LogP contribution in [0.4, 0.5) is 5.69 Å². The Morgan fingerprint density at radius 2 is 1.48 bits per heavy atom. The van der Waals surface area contributed by atoms with Crippen molar-refractivity contribution in [1.82, 2.24) is 0 Å². The third kappa shape index (κ3) is 6.01. The number of hydrogen-bond acceptors (Lipinski definition) is 3. The molecule has 3 aromatic carbocycles. The maximum absolute atomic E-state index is 11.9. The number of rotatable bonds is 5. The standard InChI is InChI=1S/C22H21N5O3S/c23-21(24)27-22(25)26-19-13-12-18(20(14-19)31(28,29)30)11-8-15-6-9-17(10-7-15)16-4-2-1-3-5-16/h1-14H,(H,28,29,30)(H6,23,24,25,26,27). The number of benzene rings is 3. The first-order valence-electron chi connectivity index (χ1n) is 9.11. The number of nitrogens with zero attached hydrogens (tertiary/aromatic N) is 2. The number of nitrogens with two attached hydrogens (primary N) is 3. The highest BCUT2D eigenvalue weighted by molar-refractivity contribution is 7.86. The summed E-state index contributed by atoms with van der Waals surface area (Å²) in [6.07, 6.45) is 3.34. The Kier molecular flexibility index (Phi) is 6.49. The van der Waals surface area contributed by atoms with Crippen molar-refractivity contribution in [1.29, 1.82) is 0 Å². The minimum atomic E-state index is -4.51. The van der Waals surface area contributed by atoms with Gasteiger partial charge in [-0.2, -0.15) is 13.4 Å². The Balaban J connectivity index is 1.90. The van der Waals surface area contributed by atoms with Crippen molar-refractivity contribution in [2.24, 2.45) is 27.2 Å². The first-order chi connectivity index (χ1) is 14.7. The molecule has 0 spiro atoms. The van der Waals surface area contributed by atoms with Crippen LogP contribution in [0.1, 0.15) is 11.1 Å². The van der Waals surface area contributed by atoms with Gasteiger partial charge in [0.15, 0.2) is 5.96 Å². The van der Waals surface area contributed by atoms with Crippen LogP contribution in [-0.4, -0.2) is 24.9 Å². The highest BCUT2D eigenvalue weighted by Crippen LogP contribution is 2.25. The Labute approximate surface area is 180 Å². The monoisotopic (exact) mass is 435 g/mol. The molecule has 7 N–H and O–H groups in total. The zero-order valence-electron chi connectivity index (χ0n) is 16.4. The molecule has 158 valence electrons. The highest BCUT2D eigenvalue weighted by atomic mass is 32.2. The Morgan fingerprint density at radius 3 is 2.10 bits per heavy atom. The number of guanidine groups is 2. The SMILES string of the molecule is NC(N)=NC(N)=Nc1ccc(C=Cc2ccc(-c3ccccc3)cc2)c(S(=O)(=O)O)c1. The molecule has 0 bridgehead atoms. The van der Waals surface area contributed by atoms with Crippen molar-refractivity contribution >= 4 is 39.9 Å². The lowest BCUT2D eigenvalue weighted by atomic mass is 10.0. The third-order valence-electron chi connectivity index (χ3n) is 4.24. The molecule has 0 aliphatic carbocycles. The summed E-state index contributed by atoms with van der Waals surface area (Å²) >= 11 is 0. The molecule has 0 atom stereocenters. The zero-order valence-corrected chi connectivity index (χ0v) is 17.2. The van der Waals surface area contributed by atoms with Gasteiger partial charge in [-0.15, -0.1) is 0 Å². The molecular formula is C22H21N5O3S. The van der Waals surface area contributed by atoms with E-state index in [0.29, 0.717) is 0 Å². The summed E-state index contributed by atoms with van der Waals surface area (Å²) in [5.41, 5.74) is 19.5. The average Bonchev–Trinajstić information content (AvgIpc) is 2.72. The van der Waals surface area contributed by atoms with Gasteiger partial charge in [-0.1, -0.05) is 72.8 Å². The topological polar surface area (TPSA) is 157 Å². The summed E-state index contributed by atoms with van der Waals surface area (Å²) in [6.45, 7) is 0. The van der Waals surface area contributed by atoms with E-state index in [0.717, 1.165) is 16.7 Å². The molecule has 0 unspecified atom stereocenters. The van der Waals surface area contributed by atoms with E-state index in [4.69, 9.17) is 17.2 Å². The molecule has 0 aliphatic rings. The lowest BCUT2D eigenvalue weighted by molar-refractivity contribution is 0.483. The van der Waals surface area contributed by atoms with Crippen LogP contribution in [0.5, 0.6) is 0 Å². The van der Waals surface area contributed by atoms with Crippen molar-refractivity contribution in [3.05, 3.63) is 83.9 Å². The van der Waals surface area contributed by atoms with E-state index in [1.54, 1.807) is 12.2 Å². The van der Waals surface area contributed by atoms with E-state index >= 15 is 0 Å². The fourth-order valence-corrected chi connectivity index (χ4v) is 3.55. The normalized spacial score (nSPS) is 12.1. The molecule has 0 fully saturated rings. The Bertz CT molecular complexity index is 1260. The van der Waals surface area contributed by atoms with E-state index in [1.807, 2.05) is 54.6 Å². The molecule has 31 heavy (non-hydrogen) atoms. The van der Waals surface area contributed by atoms with Crippen LogP contribution in [0.15, 0.2) is 87.7 Å². The molecule has 3 aromatic rings. The van der Waals surface area contributed by atoms with Crippen LogP contribution < -0.4 is 17.2 Å². The Hall–Kier alpha value is -3.95. The van der Waals surface area contributed by atoms with Gasteiger partial charge >= 0.3 is 0 Å². The maximum Gasteiger partial charge on any atom is 0.295 e. The van der Waals surface area contributed by atoms with E-state index in [-0.39, 0.29) is 28.1 Å². The average molecular weight is 436 g/mol. The van der Waals surface area contributed by atoms with Gasteiger partial charge in [0.2, 0.25) is 5.96 Å². The summed E-state index contributed by atoms with van der Waals surface area (Å²) in [5.74, 6) is -0.530. The van der Waals surface area contributed by atoms with Gasteiger partial charge in [0.05, 0.1) is 5.69 Å². The molecule has 0 saturated heterocycles. The molecule has 0 heterocycles. The van der Waals surface area contributed by atoms with E-state index in [2.05, 4.69) is 9.98 Å². The fraction of sp³-hybridized carbons (Fsp3) is 0. The van der Waals surface area contributed by atoms with Gasteiger partial charge in [0.25, 0.3) is 10.1 Å². The number of aliphatic imine (C=N–C) groups is 2. The second kappa shape index (κ2) is 9.24. The van der Waals surface area contributed by atoms with Gasteiger partial charge in [-0.25, -0.2) is 4.99 Å². The summed E-state index contributed by atoms with van der Waals surface area (Å²) in [5, 5.41) is 0. The molecule has 9 heteroatoms. The first kappa shape index (κ1) is 21.8. The lowest BCUT2D eigenvalue weighted by Gasteiger charge is -2.05. The molecule has 0 radical (unpaired) electrons. The van der Waals surface area contributed by atoms with Crippen LogP contribution >= 0.6 is 0 Å². The lowest BCUT2D eigenvalue weighted by Crippen LogP contribution is -2.26. The molecule has 0 aliphatic heterocycles. The summed E-state index contributed by atoms with van der Waals surface area (Å²) < 4.78 is 33.3. The van der Waals surface area contributed by atoms with Crippen LogP contribution in [-0.2, 0) is 10.1 Å². The zero-order chi connectivity index (χ0) is 22.4. The second-order valence-electron chi connectivity index (χ2n) is 6.53. The quantitative estimate of drug-likeness (QED) is 0.209. The number of hydrogen-bond donors (Lipinski definition) is 4. The van der Waals surface area contributed by atoms with Gasteiger partial charge < -0.3 is 17.2 Å². The van der Waals surface area contributed by atoms with Crippen molar-refractivity contribution in [2.75, 3.05) is 0 Å². The van der Waals surface area contributed by atoms with Crippen molar-refractivity contribution in [3.8, 4) is 11.1 Å². The van der Waals surface area contributed by atoms with E-state index in [1.165, 1.54) is 18.2 Å². The summed E-state index contributed by atoms with van der Waals surface area (Å²) in [6, 6.07) is 21.9. The minimum Gasteiger partial charge on any atom is -0.370 e. The van der Waals surface area contributed by atoms with Gasteiger partial charge in [-0.05, 0) is 34.4 Å². The smallest absolute Gasteiger partial charge is 0.295 e. The molecule has 3 rings (SSSR count). The van der Waals surface area contributed by atoms with Gasteiger partial charge in [0, 0.05) is 0 Å². The molecule has 0 amide bonds. The third-order valence-corrected chi connectivity index (χ3v) is 5.14. The summed E-state index contributed by atoms with van der Waals surface area (Å²) in [4.78, 5) is 7.17. The maximum atomic E-state index is 11.9. The van der Waals surface area contributed by atoms with E-state index in [9.17, 15) is 13.0 Å². The molecular weight excluding hydrogens is 414 g/mol. The van der Waals surface area contributed by atoms with Crippen molar-refractivity contribution in [2.45, 2.75) is 4.90 Å². The van der Waals surface area contributed by atoms with Crippen LogP contribution in [0.25, 0.3) is 23.3 Å². The largest absolute Gasteiger partial charge is 0.370 e. The van der Waals surface area contributed by atoms with Crippen molar-refractivity contribution < 1.29 is 13.0 Å².